The van der Waals surface area contributed by atoms with Crippen LogP contribution in [0.1, 0.15) is 63.0 Å². The zero-order valence-corrected chi connectivity index (χ0v) is 25.3. The summed E-state index contributed by atoms with van der Waals surface area (Å²) in [6.07, 6.45) is -0.693. The molecule has 0 spiro atoms. The summed E-state index contributed by atoms with van der Waals surface area (Å²) in [7, 11) is -5.22. The number of aromatic hydroxyl groups is 1. The summed E-state index contributed by atoms with van der Waals surface area (Å²) in [5.74, 6) is 1.05. The van der Waals surface area contributed by atoms with Crippen LogP contribution in [0, 0.1) is 17.3 Å². The minimum absolute atomic E-state index is 0. The molecule has 1 heterocycles. The molecule has 0 radical (unpaired) electrons. The SMILES string of the molecule is CC(=O)N[C@H]1[C@H](O[C@H]2CC[C@H]3[C@@H]4CCc5cc(O)ccc5[C@H]4CC[C@]23C)O[C@H](CO)[C@H](OS(=O)(=O)[O-])[C@@H]1O.[Na+]. The van der Waals surface area contributed by atoms with Gasteiger partial charge in [0.1, 0.15) is 30.1 Å². The normalized spacial score (nSPS) is 39.6. The van der Waals surface area contributed by atoms with Gasteiger partial charge in [-0.2, -0.15) is 0 Å². The number of nitrogens with one attached hydrogen (secondary N) is 1. The number of ether oxygens (including phenoxy) is 2. The Labute approximate surface area is 250 Å². The Kier molecular flexibility index (Phi) is 9.44. The molecule has 0 unspecified atom stereocenters. The fourth-order valence-corrected chi connectivity index (χ4v) is 8.24. The van der Waals surface area contributed by atoms with E-state index in [-0.39, 0.29) is 41.1 Å². The molecule has 2 saturated carbocycles. The molecule has 4 aliphatic rings. The second-order valence-electron chi connectivity index (χ2n) is 11.5. The second-order valence-corrected chi connectivity index (χ2v) is 12.5. The van der Waals surface area contributed by atoms with Gasteiger partial charge in [-0.25, -0.2) is 8.42 Å². The average Bonchev–Trinajstić information content (AvgIpc) is 3.17. The largest absolute Gasteiger partial charge is 1.00 e. The standard InChI is InChI=1S/C26H37NO10S.Na/c1-13(29)27-22-23(31)24(37-38(32,33)34)20(12-28)35-25(22)36-21-8-7-19-18-5-3-14-11-15(30)4-6-16(14)17(18)9-10-26(19,21)2;/h4,6,11,17-25,28,30-31H,3,5,7-10,12H2,1-2H3,(H,27,29)(H,32,33,34);/q;+1/p-1/t17-,18-,19+,20-,21+,22-,23-,24+,25+,26+;/m1./s1. The monoisotopic (exact) mass is 577 g/mol. The van der Waals surface area contributed by atoms with Crippen LogP contribution in [0.4, 0.5) is 0 Å². The number of aryl methyl sites for hydroxylation is 1. The number of hydrogen-bond acceptors (Lipinski definition) is 10. The number of phenols is 1. The van der Waals surface area contributed by atoms with Gasteiger partial charge >= 0.3 is 29.6 Å². The molecular weight excluding hydrogens is 541 g/mol. The summed E-state index contributed by atoms with van der Waals surface area (Å²) in [6, 6.07) is 4.48. The number of benzene rings is 1. The summed E-state index contributed by atoms with van der Waals surface area (Å²) in [5, 5.41) is 33.2. The summed E-state index contributed by atoms with van der Waals surface area (Å²) < 4.78 is 50.5. The van der Waals surface area contributed by atoms with Gasteiger partial charge in [-0.15, -0.1) is 0 Å². The van der Waals surface area contributed by atoms with Gasteiger partial charge in [0.2, 0.25) is 16.3 Å². The van der Waals surface area contributed by atoms with Crippen LogP contribution in [0.2, 0.25) is 0 Å². The van der Waals surface area contributed by atoms with Crippen molar-refractivity contribution in [2.45, 2.75) is 95.0 Å². The van der Waals surface area contributed by atoms with Crippen molar-refractivity contribution in [3.63, 3.8) is 0 Å². The Morgan fingerprint density at radius 1 is 1.26 bits per heavy atom. The molecule has 5 rings (SSSR count). The Bertz CT molecular complexity index is 1170. The molecular formula is C26H36NNaO10S. The van der Waals surface area contributed by atoms with Gasteiger partial charge in [-0.3, -0.25) is 8.98 Å². The van der Waals surface area contributed by atoms with Crippen molar-refractivity contribution in [3.8, 4) is 5.75 Å². The number of aliphatic hydroxyl groups is 2. The van der Waals surface area contributed by atoms with Crippen molar-refractivity contribution >= 4 is 16.3 Å². The molecule has 10 atom stereocenters. The first-order valence-electron chi connectivity index (χ1n) is 13.2. The van der Waals surface area contributed by atoms with Crippen molar-refractivity contribution in [1.29, 1.82) is 0 Å². The third-order valence-corrected chi connectivity index (χ3v) is 9.83. The van der Waals surface area contributed by atoms with Crippen molar-refractivity contribution < 1.29 is 76.3 Å². The number of carbonyl (C=O) groups excluding carboxylic acids is 1. The molecule has 1 saturated heterocycles. The van der Waals surface area contributed by atoms with Crippen molar-refractivity contribution in [1.82, 2.24) is 5.32 Å². The minimum Gasteiger partial charge on any atom is -0.726 e. The van der Waals surface area contributed by atoms with Crippen LogP contribution in [-0.4, -0.2) is 77.6 Å². The molecule has 11 nitrogen and oxygen atoms in total. The second kappa shape index (κ2) is 11.8. The zero-order valence-electron chi connectivity index (χ0n) is 22.5. The molecule has 1 aromatic carbocycles. The molecule has 3 aliphatic carbocycles. The minimum atomic E-state index is -5.22. The summed E-state index contributed by atoms with van der Waals surface area (Å²) in [5.41, 5.74) is 2.35. The smallest absolute Gasteiger partial charge is 0.726 e. The van der Waals surface area contributed by atoms with Gasteiger partial charge in [-0.05, 0) is 85.0 Å². The van der Waals surface area contributed by atoms with E-state index >= 15 is 0 Å². The predicted molar refractivity (Wildman–Crippen MR) is 132 cm³/mol. The summed E-state index contributed by atoms with van der Waals surface area (Å²) in [6.45, 7) is 2.72. The third kappa shape index (κ3) is 6.06. The van der Waals surface area contributed by atoms with Crippen LogP contribution < -0.4 is 34.9 Å². The van der Waals surface area contributed by atoms with Crippen molar-refractivity contribution in [2.75, 3.05) is 6.61 Å². The van der Waals surface area contributed by atoms with Crippen LogP contribution in [0.25, 0.3) is 0 Å². The number of aliphatic hydroxyl groups excluding tert-OH is 2. The Morgan fingerprint density at radius 3 is 2.67 bits per heavy atom. The van der Waals surface area contributed by atoms with Crippen molar-refractivity contribution in [2.24, 2.45) is 17.3 Å². The number of phenolic OH excluding ortho intramolecular Hbond substituents is 1. The maximum absolute atomic E-state index is 11.9. The predicted octanol–water partition coefficient (Wildman–Crippen LogP) is -1.93. The summed E-state index contributed by atoms with van der Waals surface area (Å²) >= 11 is 0. The Balaban J connectivity index is 0.00000353. The van der Waals surface area contributed by atoms with Gasteiger partial charge < -0.3 is 34.7 Å². The van der Waals surface area contributed by atoms with Crippen LogP contribution in [-0.2, 0) is 35.3 Å². The molecule has 1 aromatic rings. The van der Waals surface area contributed by atoms with Crippen molar-refractivity contribution in [3.05, 3.63) is 29.3 Å². The molecule has 1 aliphatic heterocycles. The van der Waals surface area contributed by atoms with Gasteiger partial charge in [0, 0.05) is 6.92 Å². The fraction of sp³-hybridized carbons (Fsp3) is 0.731. The van der Waals surface area contributed by atoms with E-state index < -0.39 is 53.6 Å². The molecule has 1 amide bonds. The maximum atomic E-state index is 11.9. The molecule has 0 bridgehead atoms. The number of fused-ring (bicyclic) bond motifs is 5. The van der Waals surface area contributed by atoms with Gasteiger partial charge in [0.15, 0.2) is 6.29 Å². The first-order chi connectivity index (χ1) is 17.9. The van der Waals surface area contributed by atoms with Crippen LogP contribution in [0.5, 0.6) is 5.75 Å². The van der Waals surface area contributed by atoms with E-state index in [0.717, 1.165) is 38.5 Å². The number of amides is 1. The summed E-state index contributed by atoms with van der Waals surface area (Å²) in [4.78, 5) is 11.9. The maximum Gasteiger partial charge on any atom is 1.00 e. The zero-order chi connectivity index (χ0) is 27.4. The first-order valence-corrected chi connectivity index (χ1v) is 14.6. The van der Waals surface area contributed by atoms with E-state index in [2.05, 4.69) is 22.5 Å². The van der Waals surface area contributed by atoms with Crippen LogP contribution in [0.15, 0.2) is 18.2 Å². The topological polar surface area (TPSA) is 175 Å². The van der Waals surface area contributed by atoms with Gasteiger partial charge in [-0.1, -0.05) is 13.0 Å². The molecule has 212 valence electrons. The molecule has 39 heavy (non-hydrogen) atoms. The fourth-order valence-electron chi connectivity index (χ4n) is 7.73. The van der Waals surface area contributed by atoms with E-state index in [9.17, 15) is 33.1 Å². The van der Waals surface area contributed by atoms with Gasteiger partial charge in [0.05, 0.1) is 12.7 Å². The quantitative estimate of drug-likeness (QED) is 0.169. The molecule has 3 fully saturated rings. The Hall–Kier alpha value is -0.800. The molecule has 13 heteroatoms. The molecule has 4 N–H and O–H groups in total. The Morgan fingerprint density at radius 2 is 2.00 bits per heavy atom. The van der Waals surface area contributed by atoms with E-state index in [1.54, 1.807) is 6.07 Å². The average molecular weight is 578 g/mol. The van der Waals surface area contributed by atoms with Crippen LogP contribution >= 0.6 is 0 Å². The van der Waals surface area contributed by atoms with E-state index in [1.807, 2.05) is 6.07 Å². The number of hydrogen-bond donors (Lipinski definition) is 4. The third-order valence-electron chi connectivity index (χ3n) is 9.37. The number of rotatable bonds is 6. The van der Waals surface area contributed by atoms with E-state index in [1.165, 1.54) is 18.1 Å². The molecule has 0 aromatic heterocycles. The first kappa shape index (κ1) is 31.1. The van der Waals surface area contributed by atoms with Crippen LogP contribution in [0.3, 0.4) is 0 Å². The van der Waals surface area contributed by atoms with E-state index in [4.69, 9.17) is 9.47 Å². The van der Waals surface area contributed by atoms with E-state index in [0.29, 0.717) is 23.5 Å². The number of carbonyl (C=O) groups is 1. The van der Waals surface area contributed by atoms with Gasteiger partial charge in [0.25, 0.3) is 0 Å².